The number of benzene rings is 2. The lowest BCUT2D eigenvalue weighted by atomic mass is 10.1. The van der Waals surface area contributed by atoms with Crippen molar-refractivity contribution in [1.82, 2.24) is 0 Å². The minimum atomic E-state index is -3.39. The quantitative estimate of drug-likeness (QED) is 0.568. The van der Waals surface area contributed by atoms with E-state index in [1.54, 1.807) is 31.2 Å². The summed E-state index contributed by atoms with van der Waals surface area (Å²) in [6.45, 7) is 5.29. The molecule has 6 nitrogen and oxygen atoms in total. The van der Waals surface area contributed by atoms with Crippen LogP contribution in [0.15, 0.2) is 42.5 Å². The van der Waals surface area contributed by atoms with Gasteiger partial charge >= 0.3 is 5.97 Å². The number of esters is 1. The molecule has 1 heterocycles. The number of hydrogen-bond acceptors (Lipinski definition) is 5. The van der Waals surface area contributed by atoms with Crippen LogP contribution in [0.25, 0.3) is 0 Å². The van der Waals surface area contributed by atoms with Gasteiger partial charge in [0.1, 0.15) is 0 Å². The predicted octanol–water partition coefficient (Wildman–Crippen LogP) is 3.13. The Kier molecular flexibility index (Phi) is 5.30. The summed E-state index contributed by atoms with van der Waals surface area (Å²) in [5.74, 6) is -0.882. The van der Waals surface area contributed by atoms with E-state index in [4.69, 9.17) is 4.74 Å². The maximum atomic E-state index is 12.5. The second-order valence-electron chi connectivity index (χ2n) is 7.23. The lowest BCUT2D eigenvalue weighted by Crippen LogP contribution is -2.34. The van der Waals surface area contributed by atoms with Crippen LogP contribution < -0.4 is 4.31 Å². The highest BCUT2D eigenvalue weighted by atomic mass is 32.2. The highest BCUT2D eigenvalue weighted by molar-refractivity contribution is 7.92. The molecule has 3 rings (SSSR count). The smallest absolute Gasteiger partial charge is 0.338 e. The molecule has 0 aromatic heterocycles. The van der Waals surface area contributed by atoms with Gasteiger partial charge in [0.15, 0.2) is 6.10 Å². The number of ether oxygens (including phenoxy) is 1. The fourth-order valence-electron chi connectivity index (χ4n) is 3.47. The van der Waals surface area contributed by atoms with Crippen LogP contribution in [0.2, 0.25) is 0 Å². The molecule has 0 aliphatic carbocycles. The molecule has 0 radical (unpaired) electrons. The van der Waals surface area contributed by atoms with E-state index in [-0.39, 0.29) is 11.8 Å². The van der Waals surface area contributed by atoms with Crippen LogP contribution in [0, 0.1) is 6.92 Å². The third-order valence-electron chi connectivity index (χ3n) is 4.81. The number of carbonyl (C=O) groups excluding carboxylic acids is 2. The Labute approximate surface area is 165 Å². The topological polar surface area (TPSA) is 80.8 Å². The molecule has 2 aromatic rings. The predicted molar refractivity (Wildman–Crippen MR) is 107 cm³/mol. The molecule has 0 N–H and O–H groups in total. The van der Waals surface area contributed by atoms with Crippen LogP contribution >= 0.6 is 0 Å². The van der Waals surface area contributed by atoms with E-state index in [1.165, 1.54) is 16.6 Å². The number of Topliss-reactive ketones (excluding diaryl/α,β-unsaturated/α-hetero) is 1. The summed E-state index contributed by atoms with van der Waals surface area (Å²) in [5.41, 5.74) is 3.17. The monoisotopic (exact) mass is 401 g/mol. The van der Waals surface area contributed by atoms with E-state index in [1.807, 2.05) is 26.0 Å². The molecule has 7 heteroatoms. The molecule has 0 saturated carbocycles. The van der Waals surface area contributed by atoms with E-state index in [2.05, 4.69) is 0 Å². The number of carbonyl (C=O) groups is 2. The molecule has 0 unspecified atom stereocenters. The van der Waals surface area contributed by atoms with Crippen molar-refractivity contribution in [3.8, 4) is 0 Å². The van der Waals surface area contributed by atoms with E-state index < -0.39 is 22.1 Å². The SMILES string of the molecule is Cc1ccc(C(=O)[C@@H](C)OC(=O)c2ccc3c(c2)C[C@@H](C)N3S(C)(=O)=O)cc1. The molecule has 0 spiro atoms. The van der Waals surface area contributed by atoms with Gasteiger partial charge in [-0.3, -0.25) is 9.10 Å². The molecule has 148 valence electrons. The van der Waals surface area contributed by atoms with Crippen LogP contribution in [0.3, 0.4) is 0 Å². The number of fused-ring (bicyclic) bond motifs is 1. The van der Waals surface area contributed by atoms with Crippen molar-refractivity contribution in [2.24, 2.45) is 0 Å². The molecular weight excluding hydrogens is 378 g/mol. The highest BCUT2D eigenvalue weighted by Gasteiger charge is 2.33. The van der Waals surface area contributed by atoms with Crippen molar-refractivity contribution in [3.63, 3.8) is 0 Å². The maximum Gasteiger partial charge on any atom is 0.338 e. The third-order valence-corrected chi connectivity index (χ3v) is 6.09. The van der Waals surface area contributed by atoms with Crippen molar-refractivity contribution in [2.75, 3.05) is 10.6 Å². The first-order valence-corrected chi connectivity index (χ1v) is 10.9. The van der Waals surface area contributed by atoms with E-state index in [0.717, 1.165) is 11.1 Å². The van der Waals surface area contributed by atoms with E-state index in [9.17, 15) is 18.0 Å². The zero-order chi connectivity index (χ0) is 20.6. The Morgan fingerprint density at radius 1 is 1.11 bits per heavy atom. The first-order valence-electron chi connectivity index (χ1n) is 9.02. The first-order chi connectivity index (χ1) is 13.1. The van der Waals surface area contributed by atoms with Crippen LogP contribution in [-0.4, -0.2) is 38.6 Å². The number of nitrogens with zero attached hydrogens (tertiary/aromatic N) is 1. The molecule has 2 aromatic carbocycles. The molecule has 1 aliphatic heterocycles. The van der Waals surface area contributed by atoms with Gasteiger partial charge in [0, 0.05) is 11.6 Å². The van der Waals surface area contributed by atoms with Gasteiger partial charge in [-0.1, -0.05) is 29.8 Å². The van der Waals surface area contributed by atoms with Gasteiger partial charge in [0.2, 0.25) is 15.8 Å². The minimum absolute atomic E-state index is 0.210. The van der Waals surface area contributed by atoms with Gasteiger partial charge in [0.05, 0.1) is 17.5 Å². The highest BCUT2D eigenvalue weighted by Crippen LogP contribution is 2.34. The summed E-state index contributed by atoms with van der Waals surface area (Å²) >= 11 is 0. The number of ketones is 1. The maximum absolute atomic E-state index is 12.5. The van der Waals surface area contributed by atoms with Crippen LogP contribution in [0.1, 0.15) is 45.7 Å². The minimum Gasteiger partial charge on any atom is -0.451 e. The second-order valence-corrected chi connectivity index (χ2v) is 9.09. The van der Waals surface area contributed by atoms with E-state index in [0.29, 0.717) is 23.2 Å². The molecular formula is C21H23NO5S. The Morgan fingerprint density at radius 2 is 1.71 bits per heavy atom. The van der Waals surface area contributed by atoms with Gasteiger partial charge in [-0.05, 0) is 51.0 Å². The average molecular weight is 401 g/mol. The first kappa shape index (κ1) is 20.1. The number of aryl methyl sites for hydroxylation is 1. The van der Waals surface area contributed by atoms with Crippen molar-refractivity contribution < 1.29 is 22.7 Å². The number of rotatable bonds is 5. The largest absolute Gasteiger partial charge is 0.451 e. The summed E-state index contributed by atoms with van der Waals surface area (Å²) in [5, 5.41) is 0. The molecule has 0 amide bonds. The summed E-state index contributed by atoms with van der Waals surface area (Å²) in [6, 6.07) is 11.6. The number of sulfonamides is 1. The Hall–Kier alpha value is -2.67. The Balaban J connectivity index is 1.76. The molecule has 0 bridgehead atoms. The molecule has 28 heavy (non-hydrogen) atoms. The van der Waals surface area contributed by atoms with Crippen molar-refractivity contribution >= 4 is 27.5 Å². The van der Waals surface area contributed by atoms with Gasteiger partial charge < -0.3 is 4.74 Å². The summed E-state index contributed by atoms with van der Waals surface area (Å²) < 4.78 is 30.7. The molecule has 0 fully saturated rings. The zero-order valence-corrected chi connectivity index (χ0v) is 17.1. The van der Waals surface area contributed by atoms with Crippen LogP contribution in [0.5, 0.6) is 0 Å². The molecule has 2 atom stereocenters. The standard InChI is InChI=1S/C21H23NO5S/c1-13-5-7-16(8-6-13)20(23)15(3)27-21(24)17-9-10-19-18(12-17)11-14(2)22(19)28(4,25)26/h5-10,12,14-15H,11H2,1-4H3/t14-,15-/m1/s1. The third kappa shape index (κ3) is 3.94. The Morgan fingerprint density at radius 3 is 2.32 bits per heavy atom. The van der Waals surface area contributed by atoms with Gasteiger partial charge in [-0.15, -0.1) is 0 Å². The average Bonchev–Trinajstić information content (AvgIpc) is 2.96. The van der Waals surface area contributed by atoms with Gasteiger partial charge in [-0.2, -0.15) is 0 Å². The normalized spacial score (nSPS) is 17.1. The lowest BCUT2D eigenvalue weighted by Gasteiger charge is -2.22. The number of anilines is 1. The van der Waals surface area contributed by atoms with Crippen molar-refractivity contribution in [2.45, 2.75) is 39.3 Å². The van der Waals surface area contributed by atoms with Crippen LogP contribution in [0.4, 0.5) is 5.69 Å². The van der Waals surface area contributed by atoms with Gasteiger partial charge in [0.25, 0.3) is 0 Å². The van der Waals surface area contributed by atoms with Crippen LogP contribution in [-0.2, 0) is 21.2 Å². The molecule has 1 aliphatic rings. The van der Waals surface area contributed by atoms with Crippen molar-refractivity contribution in [1.29, 1.82) is 0 Å². The van der Waals surface area contributed by atoms with Crippen molar-refractivity contribution in [3.05, 3.63) is 64.7 Å². The fraction of sp³-hybridized carbons (Fsp3) is 0.333. The summed E-state index contributed by atoms with van der Waals surface area (Å²) in [4.78, 5) is 25.0. The number of hydrogen-bond donors (Lipinski definition) is 0. The second kappa shape index (κ2) is 7.39. The molecule has 0 saturated heterocycles. The zero-order valence-electron chi connectivity index (χ0n) is 16.3. The summed E-state index contributed by atoms with van der Waals surface area (Å²) in [7, 11) is -3.39. The Bertz CT molecular complexity index is 1030. The lowest BCUT2D eigenvalue weighted by molar-refractivity contribution is 0.0318. The van der Waals surface area contributed by atoms with E-state index >= 15 is 0 Å². The fourth-order valence-corrected chi connectivity index (χ4v) is 4.73. The van der Waals surface area contributed by atoms with Gasteiger partial charge in [-0.25, -0.2) is 13.2 Å². The summed E-state index contributed by atoms with van der Waals surface area (Å²) in [6.07, 6.45) is 0.760.